The number of hydrogen-bond acceptors (Lipinski definition) is 6. The molecule has 1 N–H and O–H groups in total. The summed E-state index contributed by atoms with van der Waals surface area (Å²) in [5, 5.41) is -1.32. The molecule has 1 unspecified atom stereocenters. The van der Waals surface area contributed by atoms with Crippen LogP contribution in [0.2, 0.25) is 0 Å². The molecule has 182 valence electrons. The van der Waals surface area contributed by atoms with E-state index in [4.69, 9.17) is 16.2 Å². The average Bonchev–Trinajstić information content (AvgIpc) is 2.75. The predicted molar refractivity (Wildman–Crippen MR) is 121 cm³/mol. The number of nitrogens with zero attached hydrogens (tertiary/aromatic N) is 2. The lowest BCUT2D eigenvalue weighted by Gasteiger charge is -2.20. The van der Waals surface area contributed by atoms with E-state index in [2.05, 4.69) is 9.97 Å². The first-order chi connectivity index (χ1) is 15.7. The first-order valence-electron chi connectivity index (χ1n) is 9.61. The van der Waals surface area contributed by atoms with E-state index in [1.807, 2.05) is 0 Å². The molecule has 0 saturated heterocycles. The van der Waals surface area contributed by atoms with Crippen LogP contribution in [0.3, 0.4) is 0 Å². The van der Waals surface area contributed by atoms with Gasteiger partial charge in [-0.25, -0.2) is 18.4 Å². The molecule has 7 nitrogen and oxygen atoms in total. The van der Waals surface area contributed by atoms with Crippen molar-refractivity contribution in [2.45, 2.75) is 22.9 Å². The normalized spacial score (nSPS) is 13.6. The zero-order valence-electron chi connectivity index (χ0n) is 17.5. The number of aromatic nitrogens is 2. The molecule has 3 aromatic rings. The summed E-state index contributed by atoms with van der Waals surface area (Å²) < 4.78 is 96.0. The molecule has 0 aliphatic heterocycles. The van der Waals surface area contributed by atoms with Crippen molar-refractivity contribution in [1.29, 1.82) is 0 Å². The molecule has 0 radical (unpaired) electrons. The molecule has 1 heterocycles. The molecule has 13 heteroatoms. The third kappa shape index (κ3) is 6.32. The minimum atomic E-state index is -4.95. The van der Waals surface area contributed by atoms with E-state index in [1.54, 1.807) is 30.3 Å². The molecule has 0 aliphatic rings. The maximum absolute atomic E-state index is 13.7. The molecule has 1 aromatic heterocycles. The SMILES string of the molecule is CS(=O)(=O)c1ccc(-c2nc(C(F)(F)F)nc(C(Cl)CCS(=O)(=O)O)c2-c2ccccc2)cc1. The van der Waals surface area contributed by atoms with Crippen molar-refractivity contribution in [3.8, 4) is 22.4 Å². The maximum atomic E-state index is 13.7. The molecule has 0 bridgehead atoms. The molecule has 0 fully saturated rings. The standard InChI is InChI=1S/C21H18ClF3N2O5S2/c1-33(28,29)15-9-7-14(8-10-15)18-17(13-5-3-2-4-6-13)19(16(22)11-12-34(30,31)32)27-20(26-18)21(23,24)25/h2-10,16H,11-12H2,1H3,(H,30,31,32). The van der Waals surface area contributed by atoms with Gasteiger partial charge in [0.1, 0.15) is 0 Å². The van der Waals surface area contributed by atoms with Crippen LogP contribution in [0, 0.1) is 0 Å². The Morgan fingerprint density at radius 3 is 2.03 bits per heavy atom. The van der Waals surface area contributed by atoms with Crippen LogP contribution in [0.5, 0.6) is 0 Å². The highest BCUT2D eigenvalue weighted by Gasteiger charge is 2.37. The lowest BCUT2D eigenvalue weighted by atomic mass is 9.95. The number of benzene rings is 2. The molecular weight excluding hydrogens is 517 g/mol. The summed E-state index contributed by atoms with van der Waals surface area (Å²) in [6, 6.07) is 13.3. The summed E-state index contributed by atoms with van der Waals surface area (Å²) in [4.78, 5) is 7.31. The van der Waals surface area contributed by atoms with Gasteiger partial charge >= 0.3 is 6.18 Å². The molecule has 0 amide bonds. The fourth-order valence-electron chi connectivity index (χ4n) is 3.18. The Bertz CT molecular complexity index is 1400. The number of alkyl halides is 4. The van der Waals surface area contributed by atoms with E-state index >= 15 is 0 Å². The van der Waals surface area contributed by atoms with E-state index in [-0.39, 0.29) is 27.4 Å². The van der Waals surface area contributed by atoms with Crippen molar-refractivity contribution in [3.63, 3.8) is 0 Å². The molecule has 2 aromatic carbocycles. The van der Waals surface area contributed by atoms with Crippen molar-refractivity contribution in [2.75, 3.05) is 12.0 Å². The largest absolute Gasteiger partial charge is 0.451 e. The zero-order valence-corrected chi connectivity index (χ0v) is 19.9. The van der Waals surface area contributed by atoms with Gasteiger partial charge < -0.3 is 0 Å². The molecule has 1 atom stereocenters. The van der Waals surface area contributed by atoms with E-state index in [9.17, 15) is 30.0 Å². The Kier molecular flexibility index (Phi) is 7.37. The van der Waals surface area contributed by atoms with E-state index in [0.717, 1.165) is 6.26 Å². The van der Waals surface area contributed by atoms with Gasteiger partial charge in [-0.15, -0.1) is 11.6 Å². The van der Waals surface area contributed by atoms with Gasteiger partial charge in [0, 0.05) is 17.4 Å². The fraction of sp³-hybridized carbons (Fsp3) is 0.238. The summed E-state index contributed by atoms with van der Waals surface area (Å²) in [5.74, 6) is -2.29. The van der Waals surface area contributed by atoms with E-state index < -0.39 is 49.5 Å². The fourth-order valence-corrected chi connectivity index (χ4v) is 4.74. The third-order valence-corrected chi connectivity index (χ3v) is 7.04. The smallest absolute Gasteiger partial charge is 0.286 e. The molecule has 0 spiro atoms. The van der Waals surface area contributed by atoms with Gasteiger partial charge in [-0.05, 0) is 24.1 Å². The second-order valence-corrected chi connectivity index (χ2v) is 11.5. The first kappa shape index (κ1) is 26.1. The van der Waals surface area contributed by atoms with Crippen LogP contribution in [-0.2, 0) is 26.1 Å². The number of halogens is 4. The Morgan fingerprint density at radius 1 is 0.941 bits per heavy atom. The van der Waals surface area contributed by atoms with Crippen LogP contribution in [0.4, 0.5) is 13.2 Å². The van der Waals surface area contributed by atoms with Crippen molar-refractivity contribution in [1.82, 2.24) is 9.97 Å². The van der Waals surface area contributed by atoms with Crippen molar-refractivity contribution >= 4 is 31.6 Å². The van der Waals surface area contributed by atoms with Crippen LogP contribution < -0.4 is 0 Å². The Hall–Kier alpha value is -2.54. The number of hydrogen-bond donors (Lipinski definition) is 1. The van der Waals surface area contributed by atoms with Crippen LogP contribution >= 0.6 is 11.6 Å². The zero-order chi connectivity index (χ0) is 25.3. The molecule has 3 rings (SSSR count). The summed E-state index contributed by atoms with van der Waals surface area (Å²) in [6.45, 7) is 0. The number of sulfone groups is 1. The maximum Gasteiger partial charge on any atom is 0.451 e. The second kappa shape index (κ2) is 9.61. The lowest BCUT2D eigenvalue weighted by Crippen LogP contribution is -2.16. The van der Waals surface area contributed by atoms with Gasteiger partial charge in [0.25, 0.3) is 10.1 Å². The van der Waals surface area contributed by atoms with Gasteiger partial charge in [0.15, 0.2) is 9.84 Å². The molecular formula is C21H18ClF3N2O5S2. The highest BCUT2D eigenvalue weighted by atomic mass is 35.5. The Morgan fingerprint density at radius 2 is 1.53 bits per heavy atom. The van der Waals surface area contributed by atoms with Crippen LogP contribution in [0.1, 0.15) is 23.3 Å². The van der Waals surface area contributed by atoms with Gasteiger partial charge in [0.2, 0.25) is 5.82 Å². The van der Waals surface area contributed by atoms with Gasteiger partial charge in [0.05, 0.1) is 27.4 Å². The van der Waals surface area contributed by atoms with Gasteiger partial charge in [-0.1, -0.05) is 42.5 Å². The topological polar surface area (TPSA) is 114 Å². The average molecular weight is 535 g/mol. The minimum Gasteiger partial charge on any atom is -0.286 e. The Labute approximate surface area is 199 Å². The van der Waals surface area contributed by atoms with Crippen molar-refractivity contribution < 1.29 is 34.6 Å². The van der Waals surface area contributed by atoms with Crippen LogP contribution in [-0.4, -0.2) is 43.4 Å². The van der Waals surface area contributed by atoms with Crippen LogP contribution in [0.25, 0.3) is 22.4 Å². The molecule has 34 heavy (non-hydrogen) atoms. The van der Waals surface area contributed by atoms with Crippen LogP contribution in [0.15, 0.2) is 59.5 Å². The second-order valence-electron chi connectivity index (χ2n) is 7.36. The summed E-state index contributed by atoms with van der Waals surface area (Å²) >= 11 is 6.32. The Balaban J connectivity index is 2.32. The van der Waals surface area contributed by atoms with E-state index in [1.165, 1.54) is 24.3 Å². The summed E-state index contributed by atoms with van der Waals surface area (Å²) in [5.41, 5.74) is 0.253. The molecule has 0 saturated carbocycles. The minimum absolute atomic E-state index is 0.0359. The van der Waals surface area contributed by atoms with Crippen molar-refractivity contribution in [2.24, 2.45) is 0 Å². The summed E-state index contributed by atoms with van der Waals surface area (Å²) in [7, 11) is -7.98. The first-order valence-corrected chi connectivity index (χ1v) is 13.5. The summed E-state index contributed by atoms with van der Waals surface area (Å²) in [6.07, 6.45) is -4.37. The number of rotatable bonds is 7. The predicted octanol–water partition coefficient (Wildman–Crippen LogP) is 4.79. The lowest BCUT2D eigenvalue weighted by molar-refractivity contribution is -0.145. The van der Waals surface area contributed by atoms with Gasteiger partial charge in [-0.3, -0.25) is 4.55 Å². The van der Waals surface area contributed by atoms with Gasteiger partial charge in [-0.2, -0.15) is 21.6 Å². The van der Waals surface area contributed by atoms with Crippen molar-refractivity contribution in [3.05, 3.63) is 66.1 Å². The monoisotopic (exact) mass is 534 g/mol. The van der Waals surface area contributed by atoms with E-state index in [0.29, 0.717) is 5.56 Å². The third-order valence-electron chi connectivity index (χ3n) is 4.73. The highest BCUT2D eigenvalue weighted by Crippen LogP contribution is 2.41. The molecule has 0 aliphatic carbocycles. The quantitative estimate of drug-likeness (QED) is 0.342. The highest BCUT2D eigenvalue weighted by molar-refractivity contribution is 7.90.